The predicted molar refractivity (Wildman–Crippen MR) is 77.8 cm³/mol. The van der Waals surface area contributed by atoms with Crippen molar-refractivity contribution < 1.29 is 0 Å². The number of rotatable bonds is 4. The van der Waals surface area contributed by atoms with Gasteiger partial charge in [-0.2, -0.15) is 5.10 Å². The maximum Gasteiger partial charge on any atom is 0.0568 e. The van der Waals surface area contributed by atoms with Gasteiger partial charge in [0.15, 0.2) is 0 Å². The summed E-state index contributed by atoms with van der Waals surface area (Å²) < 4.78 is 2.07. The highest BCUT2D eigenvalue weighted by Crippen LogP contribution is 2.30. The van der Waals surface area contributed by atoms with Gasteiger partial charge in [-0.3, -0.25) is 9.67 Å². The number of allylic oxidation sites excluding steroid dienone is 1. The van der Waals surface area contributed by atoms with Gasteiger partial charge in [0.05, 0.1) is 11.9 Å². The molecule has 0 aromatic carbocycles. The van der Waals surface area contributed by atoms with E-state index in [4.69, 9.17) is 0 Å². The molecule has 2 heterocycles. The fourth-order valence-electron chi connectivity index (χ4n) is 2.67. The lowest BCUT2D eigenvalue weighted by Crippen LogP contribution is -2.04. The molecule has 0 fully saturated rings. The van der Waals surface area contributed by atoms with Crippen molar-refractivity contribution in [3.63, 3.8) is 0 Å². The first-order chi connectivity index (χ1) is 9.29. The van der Waals surface area contributed by atoms with Gasteiger partial charge in [-0.15, -0.1) is 0 Å². The van der Waals surface area contributed by atoms with E-state index in [2.05, 4.69) is 53.0 Å². The van der Waals surface area contributed by atoms with E-state index in [1.807, 2.05) is 12.4 Å². The zero-order valence-electron chi connectivity index (χ0n) is 11.5. The molecule has 1 atom stereocenters. The molecule has 0 spiro atoms. The molecule has 1 aliphatic carbocycles. The quantitative estimate of drug-likeness (QED) is 0.828. The number of pyridine rings is 1. The zero-order valence-corrected chi connectivity index (χ0v) is 11.5. The lowest BCUT2D eigenvalue weighted by molar-refractivity contribution is 0.455. The number of hydrogen-bond acceptors (Lipinski definition) is 2. The van der Waals surface area contributed by atoms with Crippen molar-refractivity contribution in [2.45, 2.75) is 39.2 Å². The Morgan fingerprint density at radius 1 is 1.42 bits per heavy atom. The smallest absolute Gasteiger partial charge is 0.0568 e. The molecule has 3 nitrogen and oxygen atoms in total. The third-order valence-corrected chi connectivity index (χ3v) is 3.74. The fourth-order valence-corrected chi connectivity index (χ4v) is 2.67. The molecular weight excluding hydrogens is 234 g/mol. The fraction of sp³-hybridized carbons (Fsp3) is 0.375. The van der Waals surface area contributed by atoms with Gasteiger partial charge in [0, 0.05) is 36.0 Å². The SMILES string of the molecule is CCC[C@H](C)n1cc(-c2ccnc3c2C=CC3)cn1. The summed E-state index contributed by atoms with van der Waals surface area (Å²) in [6.07, 6.45) is 13.7. The van der Waals surface area contributed by atoms with Crippen LogP contribution in [0.15, 0.2) is 30.7 Å². The van der Waals surface area contributed by atoms with E-state index < -0.39 is 0 Å². The summed E-state index contributed by atoms with van der Waals surface area (Å²) in [5.41, 5.74) is 4.86. The highest BCUT2D eigenvalue weighted by molar-refractivity contribution is 5.77. The van der Waals surface area contributed by atoms with E-state index in [1.165, 1.54) is 28.8 Å². The summed E-state index contributed by atoms with van der Waals surface area (Å²) in [6, 6.07) is 2.55. The first-order valence-corrected chi connectivity index (χ1v) is 6.98. The number of nitrogens with zero attached hydrogens (tertiary/aromatic N) is 3. The minimum absolute atomic E-state index is 0.462. The molecule has 0 aliphatic heterocycles. The summed E-state index contributed by atoms with van der Waals surface area (Å²) in [7, 11) is 0. The lowest BCUT2D eigenvalue weighted by atomic mass is 10.0. The van der Waals surface area contributed by atoms with Crippen LogP contribution < -0.4 is 0 Å². The molecule has 0 amide bonds. The minimum atomic E-state index is 0.462. The second-order valence-electron chi connectivity index (χ2n) is 5.17. The number of hydrogen-bond donors (Lipinski definition) is 0. The molecule has 2 aromatic heterocycles. The third kappa shape index (κ3) is 2.21. The van der Waals surface area contributed by atoms with Crippen LogP contribution in [0.3, 0.4) is 0 Å². The zero-order chi connectivity index (χ0) is 13.2. The second kappa shape index (κ2) is 5.00. The Morgan fingerprint density at radius 2 is 2.32 bits per heavy atom. The van der Waals surface area contributed by atoms with E-state index in [-0.39, 0.29) is 0 Å². The number of aromatic nitrogens is 3. The van der Waals surface area contributed by atoms with E-state index in [0.29, 0.717) is 6.04 Å². The van der Waals surface area contributed by atoms with E-state index in [0.717, 1.165) is 12.8 Å². The third-order valence-electron chi connectivity index (χ3n) is 3.74. The van der Waals surface area contributed by atoms with Crippen LogP contribution in [-0.2, 0) is 6.42 Å². The minimum Gasteiger partial charge on any atom is -0.269 e. The first kappa shape index (κ1) is 12.2. The molecule has 0 saturated carbocycles. The molecule has 0 bridgehead atoms. The maximum absolute atomic E-state index is 4.51. The lowest BCUT2D eigenvalue weighted by Gasteiger charge is -2.10. The molecule has 0 unspecified atom stereocenters. The molecule has 98 valence electrons. The highest BCUT2D eigenvalue weighted by atomic mass is 15.3. The summed E-state index contributed by atoms with van der Waals surface area (Å²) >= 11 is 0. The van der Waals surface area contributed by atoms with Crippen molar-refractivity contribution in [3.05, 3.63) is 42.0 Å². The Hall–Kier alpha value is -1.90. The van der Waals surface area contributed by atoms with Crippen LogP contribution in [-0.4, -0.2) is 14.8 Å². The van der Waals surface area contributed by atoms with E-state index >= 15 is 0 Å². The van der Waals surface area contributed by atoms with Crippen molar-refractivity contribution in [2.75, 3.05) is 0 Å². The Bertz CT molecular complexity index is 610. The summed E-state index contributed by atoms with van der Waals surface area (Å²) in [5.74, 6) is 0. The normalized spacial score (nSPS) is 14.6. The van der Waals surface area contributed by atoms with Crippen LogP contribution in [0.5, 0.6) is 0 Å². The van der Waals surface area contributed by atoms with Crippen LogP contribution in [0.25, 0.3) is 17.2 Å². The van der Waals surface area contributed by atoms with Crippen molar-refractivity contribution in [2.24, 2.45) is 0 Å². The van der Waals surface area contributed by atoms with Crippen molar-refractivity contribution in [3.8, 4) is 11.1 Å². The molecular formula is C16H19N3. The Labute approximate surface area is 114 Å². The van der Waals surface area contributed by atoms with Gasteiger partial charge < -0.3 is 0 Å². The van der Waals surface area contributed by atoms with Gasteiger partial charge in [0.2, 0.25) is 0 Å². The van der Waals surface area contributed by atoms with Crippen LogP contribution in [0.2, 0.25) is 0 Å². The average molecular weight is 253 g/mol. The van der Waals surface area contributed by atoms with Crippen molar-refractivity contribution >= 4 is 6.08 Å². The van der Waals surface area contributed by atoms with Gasteiger partial charge in [-0.1, -0.05) is 25.5 Å². The molecule has 3 heteroatoms. The van der Waals surface area contributed by atoms with E-state index in [9.17, 15) is 0 Å². The highest BCUT2D eigenvalue weighted by Gasteiger charge is 2.14. The van der Waals surface area contributed by atoms with Gasteiger partial charge in [-0.25, -0.2) is 0 Å². The molecule has 0 radical (unpaired) electrons. The average Bonchev–Trinajstić information content (AvgIpc) is 3.07. The monoisotopic (exact) mass is 253 g/mol. The molecule has 0 N–H and O–H groups in total. The molecule has 1 aliphatic rings. The molecule has 2 aromatic rings. The first-order valence-electron chi connectivity index (χ1n) is 6.98. The van der Waals surface area contributed by atoms with Crippen LogP contribution in [0.4, 0.5) is 0 Å². The summed E-state index contributed by atoms with van der Waals surface area (Å²) in [4.78, 5) is 4.43. The van der Waals surface area contributed by atoms with Gasteiger partial charge in [-0.05, 0) is 25.0 Å². The number of fused-ring (bicyclic) bond motifs is 1. The molecule has 0 saturated heterocycles. The van der Waals surface area contributed by atoms with Gasteiger partial charge in [0.1, 0.15) is 0 Å². The van der Waals surface area contributed by atoms with Gasteiger partial charge in [0.25, 0.3) is 0 Å². The Kier molecular flexibility index (Phi) is 3.20. The largest absolute Gasteiger partial charge is 0.269 e. The second-order valence-corrected chi connectivity index (χ2v) is 5.17. The Morgan fingerprint density at radius 3 is 3.16 bits per heavy atom. The van der Waals surface area contributed by atoms with Crippen molar-refractivity contribution in [1.82, 2.24) is 14.8 Å². The van der Waals surface area contributed by atoms with Crippen LogP contribution in [0, 0.1) is 0 Å². The van der Waals surface area contributed by atoms with Gasteiger partial charge >= 0.3 is 0 Å². The summed E-state index contributed by atoms with van der Waals surface area (Å²) in [6.45, 7) is 4.43. The topological polar surface area (TPSA) is 30.7 Å². The molecule has 19 heavy (non-hydrogen) atoms. The maximum atomic E-state index is 4.51. The standard InChI is InChI=1S/C16H19N3/c1-3-5-12(2)19-11-13(10-18-19)14-8-9-17-16-7-4-6-15(14)16/h4,6,8-12H,3,5,7H2,1-2H3/t12-/m0/s1. The molecule has 3 rings (SSSR count). The van der Waals surface area contributed by atoms with Crippen molar-refractivity contribution in [1.29, 1.82) is 0 Å². The van der Waals surface area contributed by atoms with Crippen LogP contribution >= 0.6 is 0 Å². The Balaban J connectivity index is 1.95. The van der Waals surface area contributed by atoms with E-state index in [1.54, 1.807) is 0 Å². The predicted octanol–water partition coefficient (Wildman–Crippen LogP) is 3.88. The summed E-state index contributed by atoms with van der Waals surface area (Å²) in [5, 5.41) is 4.51. The van der Waals surface area contributed by atoms with Crippen LogP contribution in [0.1, 0.15) is 44.0 Å².